The standard InChI is InChI=1S/C20H20F2N6S/c21-17-8-19(18(22)7-15(17)11-26-27-20(24)29)28-6-5-16(12-28)25-10-14-4-2-1-3-13(14)9-23/h1-4,7-8,11,16,25H,5-6,10,12H2,(H3,24,27,29)/b26-11+/t16-/m0/s1. The summed E-state index contributed by atoms with van der Waals surface area (Å²) in [7, 11) is 0. The van der Waals surface area contributed by atoms with Crippen LogP contribution in [0.5, 0.6) is 0 Å². The smallest absolute Gasteiger partial charge is 0.184 e. The minimum Gasteiger partial charge on any atom is -0.375 e. The summed E-state index contributed by atoms with van der Waals surface area (Å²) in [6, 6.07) is 11.9. The molecule has 4 N–H and O–H groups in total. The van der Waals surface area contributed by atoms with Gasteiger partial charge in [-0.25, -0.2) is 8.78 Å². The van der Waals surface area contributed by atoms with Crippen LogP contribution in [0.15, 0.2) is 41.5 Å². The van der Waals surface area contributed by atoms with Crippen LogP contribution in [0.25, 0.3) is 0 Å². The van der Waals surface area contributed by atoms with Gasteiger partial charge in [-0.15, -0.1) is 0 Å². The van der Waals surface area contributed by atoms with Crippen molar-refractivity contribution >= 4 is 29.2 Å². The first-order valence-corrected chi connectivity index (χ1v) is 9.42. The van der Waals surface area contributed by atoms with Gasteiger partial charge < -0.3 is 16.0 Å². The first-order valence-electron chi connectivity index (χ1n) is 9.02. The van der Waals surface area contributed by atoms with E-state index in [9.17, 15) is 14.0 Å². The van der Waals surface area contributed by atoms with Crippen molar-refractivity contribution in [1.29, 1.82) is 5.26 Å². The first-order chi connectivity index (χ1) is 14.0. The Labute approximate surface area is 173 Å². The number of benzene rings is 2. The molecule has 2 aromatic rings. The summed E-state index contributed by atoms with van der Waals surface area (Å²) >= 11 is 4.60. The van der Waals surface area contributed by atoms with Gasteiger partial charge >= 0.3 is 0 Å². The lowest BCUT2D eigenvalue weighted by Gasteiger charge is -2.20. The van der Waals surface area contributed by atoms with E-state index in [4.69, 9.17) is 5.73 Å². The molecule has 3 rings (SSSR count). The fourth-order valence-corrected chi connectivity index (χ4v) is 3.29. The Morgan fingerprint density at radius 2 is 2.14 bits per heavy atom. The van der Waals surface area contributed by atoms with E-state index in [1.807, 2.05) is 18.2 Å². The summed E-state index contributed by atoms with van der Waals surface area (Å²) in [5.41, 5.74) is 9.29. The van der Waals surface area contributed by atoms with Crippen LogP contribution in [-0.2, 0) is 6.54 Å². The van der Waals surface area contributed by atoms with Crippen LogP contribution in [0.2, 0.25) is 0 Å². The fourth-order valence-electron chi connectivity index (χ4n) is 3.24. The Morgan fingerprint density at radius 3 is 2.90 bits per heavy atom. The van der Waals surface area contributed by atoms with Crippen molar-refractivity contribution in [3.05, 3.63) is 64.7 Å². The molecule has 1 fully saturated rings. The molecular weight excluding hydrogens is 394 g/mol. The summed E-state index contributed by atoms with van der Waals surface area (Å²) in [6.45, 7) is 1.69. The zero-order chi connectivity index (χ0) is 20.8. The molecule has 9 heteroatoms. The number of thiocarbonyl (C=S) groups is 1. The van der Waals surface area contributed by atoms with E-state index >= 15 is 0 Å². The topological polar surface area (TPSA) is 89.5 Å². The van der Waals surface area contributed by atoms with Crippen molar-refractivity contribution in [3.8, 4) is 6.07 Å². The second kappa shape index (κ2) is 9.41. The van der Waals surface area contributed by atoms with Crippen molar-refractivity contribution in [2.75, 3.05) is 18.0 Å². The fraction of sp³-hybridized carbons (Fsp3) is 0.250. The van der Waals surface area contributed by atoms with Gasteiger partial charge in [-0.3, -0.25) is 5.43 Å². The van der Waals surface area contributed by atoms with Crippen LogP contribution >= 0.6 is 12.2 Å². The minimum absolute atomic E-state index is 0.00279. The van der Waals surface area contributed by atoms with E-state index in [1.165, 1.54) is 6.07 Å². The lowest BCUT2D eigenvalue weighted by molar-refractivity contribution is 0.549. The summed E-state index contributed by atoms with van der Waals surface area (Å²) in [4.78, 5) is 1.81. The van der Waals surface area contributed by atoms with E-state index < -0.39 is 11.6 Å². The van der Waals surface area contributed by atoms with Crippen LogP contribution in [0, 0.1) is 23.0 Å². The van der Waals surface area contributed by atoms with Gasteiger partial charge in [0.15, 0.2) is 5.11 Å². The number of nitriles is 1. The Morgan fingerprint density at radius 1 is 1.34 bits per heavy atom. The molecule has 1 aliphatic heterocycles. The zero-order valence-electron chi connectivity index (χ0n) is 15.5. The molecule has 6 nitrogen and oxygen atoms in total. The number of nitrogens with one attached hydrogen (secondary N) is 2. The average molecular weight is 414 g/mol. The van der Waals surface area contributed by atoms with Crippen molar-refractivity contribution in [2.45, 2.75) is 19.0 Å². The van der Waals surface area contributed by atoms with Crippen LogP contribution in [-0.4, -0.2) is 30.5 Å². The molecule has 0 amide bonds. The van der Waals surface area contributed by atoms with E-state index in [-0.39, 0.29) is 22.4 Å². The molecule has 29 heavy (non-hydrogen) atoms. The third-order valence-electron chi connectivity index (χ3n) is 4.69. The first kappa shape index (κ1) is 20.6. The van der Waals surface area contributed by atoms with Gasteiger partial charge in [-0.1, -0.05) is 18.2 Å². The zero-order valence-corrected chi connectivity index (χ0v) is 16.3. The quantitative estimate of drug-likeness (QED) is 0.382. The van der Waals surface area contributed by atoms with Gasteiger partial charge in [-0.05, 0) is 36.3 Å². The highest BCUT2D eigenvalue weighted by Gasteiger charge is 2.25. The Hall–Kier alpha value is -3.09. The highest BCUT2D eigenvalue weighted by Crippen LogP contribution is 2.26. The molecule has 1 heterocycles. The Bertz CT molecular complexity index is 972. The molecule has 1 aliphatic rings. The molecule has 150 valence electrons. The van der Waals surface area contributed by atoms with Crippen LogP contribution in [0.3, 0.4) is 0 Å². The van der Waals surface area contributed by atoms with Crippen LogP contribution in [0.1, 0.15) is 23.1 Å². The van der Waals surface area contributed by atoms with Crippen molar-refractivity contribution in [2.24, 2.45) is 10.8 Å². The number of rotatable bonds is 6. The summed E-state index contributed by atoms with van der Waals surface area (Å²) < 4.78 is 28.9. The van der Waals surface area contributed by atoms with Gasteiger partial charge in [0, 0.05) is 37.3 Å². The van der Waals surface area contributed by atoms with Gasteiger partial charge in [0.05, 0.1) is 23.5 Å². The number of halogens is 2. The Balaban J connectivity index is 1.63. The monoisotopic (exact) mass is 414 g/mol. The largest absolute Gasteiger partial charge is 0.375 e. The highest BCUT2D eigenvalue weighted by molar-refractivity contribution is 7.80. The number of hydrogen-bond donors (Lipinski definition) is 3. The lowest BCUT2D eigenvalue weighted by atomic mass is 10.1. The van der Waals surface area contributed by atoms with E-state index in [1.54, 1.807) is 11.0 Å². The van der Waals surface area contributed by atoms with E-state index in [2.05, 4.69) is 34.1 Å². The van der Waals surface area contributed by atoms with Crippen LogP contribution in [0.4, 0.5) is 14.5 Å². The molecule has 0 unspecified atom stereocenters. The van der Waals surface area contributed by atoms with Gasteiger partial charge in [-0.2, -0.15) is 10.4 Å². The molecule has 0 aromatic heterocycles. The Kier molecular flexibility index (Phi) is 6.69. The molecule has 2 aromatic carbocycles. The summed E-state index contributed by atoms with van der Waals surface area (Å²) in [5, 5.41) is 16.2. The maximum absolute atomic E-state index is 14.5. The molecule has 1 saturated heterocycles. The number of nitrogens with zero attached hydrogens (tertiary/aromatic N) is 3. The average Bonchev–Trinajstić information content (AvgIpc) is 3.17. The molecule has 0 bridgehead atoms. The number of nitrogens with two attached hydrogens (primary N) is 1. The van der Waals surface area contributed by atoms with Crippen molar-refractivity contribution in [1.82, 2.24) is 10.7 Å². The van der Waals surface area contributed by atoms with Gasteiger partial charge in [0.2, 0.25) is 0 Å². The summed E-state index contributed by atoms with van der Waals surface area (Å²) in [6.07, 6.45) is 1.92. The number of hydrogen-bond acceptors (Lipinski definition) is 5. The van der Waals surface area contributed by atoms with Crippen molar-refractivity contribution < 1.29 is 8.78 Å². The predicted molar refractivity (Wildman–Crippen MR) is 112 cm³/mol. The van der Waals surface area contributed by atoms with E-state index in [0.29, 0.717) is 25.2 Å². The highest BCUT2D eigenvalue weighted by atomic mass is 32.1. The minimum atomic E-state index is -0.589. The van der Waals surface area contributed by atoms with E-state index in [0.717, 1.165) is 24.3 Å². The second-order valence-corrected chi connectivity index (χ2v) is 7.08. The third kappa shape index (κ3) is 5.25. The molecule has 1 atom stereocenters. The maximum Gasteiger partial charge on any atom is 0.184 e. The second-order valence-electron chi connectivity index (χ2n) is 6.64. The van der Waals surface area contributed by atoms with Gasteiger partial charge in [0.25, 0.3) is 0 Å². The number of hydrazone groups is 1. The summed E-state index contributed by atoms with van der Waals surface area (Å²) in [5.74, 6) is -1.12. The molecule has 0 spiro atoms. The lowest BCUT2D eigenvalue weighted by Crippen LogP contribution is -2.32. The molecule has 0 aliphatic carbocycles. The third-order valence-corrected chi connectivity index (χ3v) is 4.78. The predicted octanol–water partition coefficient (Wildman–Crippen LogP) is 2.37. The molecular formula is C20H20F2N6S. The molecule has 0 saturated carbocycles. The normalized spacial score (nSPS) is 16.2. The number of anilines is 1. The molecule has 0 radical (unpaired) electrons. The van der Waals surface area contributed by atoms with Gasteiger partial charge in [0.1, 0.15) is 11.6 Å². The SMILES string of the molecule is N#Cc1ccccc1CN[C@H]1CCN(c2cc(F)c(/C=N/NC(N)=S)cc2F)C1. The maximum atomic E-state index is 14.5. The van der Waals surface area contributed by atoms with Crippen LogP contribution < -0.4 is 21.4 Å². The van der Waals surface area contributed by atoms with Crippen molar-refractivity contribution in [3.63, 3.8) is 0 Å².